The molecule has 0 spiro atoms. The third-order valence-corrected chi connectivity index (χ3v) is 3.06. The zero-order valence-corrected chi connectivity index (χ0v) is 11.3. The Morgan fingerprint density at radius 1 is 1.26 bits per heavy atom. The van der Waals surface area contributed by atoms with Crippen molar-refractivity contribution in [2.24, 2.45) is 0 Å². The lowest BCUT2D eigenvalue weighted by molar-refractivity contribution is 0.0589. The van der Waals surface area contributed by atoms with Crippen LogP contribution < -0.4 is 4.74 Å². The van der Waals surface area contributed by atoms with Crippen LogP contribution in [-0.2, 0) is 11.3 Å². The number of aryl methyl sites for hydroxylation is 1. The van der Waals surface area contributed by atoms with Gasteiger partial charge in [0.2, 0.25) is 0 Å². The van der Waals surface area contributed by atoms with Crippen LogP contribution in [0.1, 0.15) is 17.4 Å². The molecule has 0 aliphatic heterocycles. The largest absolute Gasteiger partial charge is 0.497 e. The minimum absolute atomic E-state index is 0.329. The Morgan fingerprint density at radius 3 is 2.68 bits per heavy atom. The maximum Gasteiger partial charge on any atom is 0.355 e. The van der Waals surface area contributed by atoms with Gasteiger partial charge >= 0.3 is 5.97 Å². The summed E-state index contributed by atoms with van der Waals surface area (Å²) in [6, 6.07) is 9.55. The molecule has 0 N–H and O–H groups in total. The first-order valence-electron chi connectivity index (χ1n) is 6.13. The van der Waals surface area contributed by atoms with E-state index >= 15 is 0 Å². The topological polar surface area (TPSA) is 40.5 Å². The van der Waals surface area contributed by atoms with Crippen LogP contribution in [0.5, 0.6) is 5.75 Å². The van der Waals surface area contributed by atoms with Crippen molar-refractivity contribution in [1.82, 2.24) is 4.57 Å². The summed E-state index contributed by atoms with van der Waals surface area (Å²) >= 11 is 0. The van der Waals surface area contributed by atoms with Gasteiger partial charge in [-0.2, -0.15) is 0 Å². The quantitative estimate of drug-likeness (QED) is 0.792. The van der Waals surface area contributed by atoms with E-state index in [2.05, 4.69) is 0 Å². The highest BCUT2D eigenvalue weighted by atomic mass is 16.5. The number of rotatable bonds is 4. The van der Waals surface area contributed by atoms with Crippen molar-refractivity contribution < 1.29 is 14.3 Å². The maximum absolute atomic E-state index is 11.9. The van der Waals surface area contributed by atoms with E-state index in [9.17, 15) is 4.79 Å². The van der Waals surface area contributed by atoms with Crippen molar-refractivity contribution in [2.75, 3.05) is 14.2 Å². The molecule has 1 aromatic heterocycles. The fraction of sp³-hybridized carbons (Fsp3) is 0.267. The number of methoxy groups -OCH3 is 2. The molecule has 0 fully saturated rings. The Balaban J connectivity index is 2.55. The lowest BCUT2D eigenvalue weighted by Gasteiger charge is -2.08. The number of carbonyl (C=O) groups is 1. The number of hydrogen-bond donors (Lipinski definition) is 0. The average molecular weight is 259 g/mol. The van der Waals surface area contributed by atoms with Gasteiger partial charge < -0.3 is 14.0 Å². The summed E-state index contributed by atoms with van der Waals surface area (Å²) in [6.07, 6.45) is 1.89. The summed E-state index contributed by atoms with van der Waals surface area (Å²) in [6.45, 7) is 2.70. The fourth-order valence-electron chi connectivity index (χ4n) is 2.08. The van der Waals surface area contributed by atoms with Crippen LogP contribution in [0.25, 0.3) is 11.1 Å². The summed E-state index contributed by atoms with van der Waals surface area (Å²) in [5.41, 5.74) is 2.36. The van der Waals surface area contributed by atoms with Gasteiger partial charge in [0.25, 0.3) is 0 Å². The molecule has 100 valence electrons. The second-order valence-corrected chi connectivity index (χ2v) is 4.09. The van der Waals surface area contributed by atoms with E-state index in [0.29, 0.717) is 12.2 Å². The van der Waals surface area contributed by atoms with Crippen molar-refractivity contribution in [1.29, 1.82) is 0 Å². The van der Waals surface area contributed by atoms with Crippen LogP contribution in [0.4, 0.5) is 0 Å². The Morgan fingerprint density at radius 2 is 2.05 bits per heavy atom. The summed E-state index contributed by atoms with van der Waals surface area (Å²) in [7, 11) is 3.02. The standard InChI is InChI=1S/C15H17NO3/c1-4-16-9-8-13(14(16)15(17)19-3)11-6-5-7-12(10-11)18-2/h5-10H,4H2,1-3H3. The average Bonchev–Trinajstić information content (AvgIpc) is 2.90. The number of ether oxygens (including phenoxy) is 2. The van der Waals surface area contributed by atoms with E-state index in [1.165, 1.54) is 7.11 Å². The van der Waals surface area contributed by atoms with Gasteiger partial charge in [-0.25, -0.2) is 4.79 Å². The molecule has 0 aliphatic rings. The van der Waals surface area contributed by atoms with Crippen molar-refractivity contribution in [3.63, 3.8) is 0 Å². The number of aromatic nitrogens is 1. The number of carbonyl (C=O) groups excluding carboxylic acids is 1. The summed E-state index contributed by atoms with van der Waals surface area (Å²) in [5, 5.41) is 0. The summed E-state index contributed by atoms with van der Waals surface area (Å²) in [5.74, 6) is 0.433. The Bertz CT molecular complexity index is 587. The van der Waals surface area contributed by atoms with E-state index in [4.69, 9.17) is 9.47 Å². The predicted molar refractivity (Wildman–Crippen MR) is 73.4 cm³/mol. The van der Waals surface area contributed by atoms with E-state index in [-0.39, 0.29) is 5.97 Å². The zero-order chi connectivity index (χ0) is 13.8. The van der Waals surface area contributed by atoms with Crippen molar-refractivity contribution in [2.45, 2.75) is 13.5 Å². The number of nitrogens with zero attached hydrogens (tertiary/aromatic N) is 1. The van der Waals surface area contributed by atoms with Gasteiger partial charge in [0.15, 0.2) is 0 Å². The molecule has 0 saturated carbocycles. The lowest BCUT2D eigenvalue weighted by atomic mass is 10.1. The molecule has 4 heteroatoms. The van der Waals surface area contributed by atoms with Gasteiger partial charge in [-0.15, -0.1) is 0 Å². The molecule has 0 bridgehead atoms. The van der Waals surface area contributed by atoms with Gasteiger partial charge in [0.1, 0.15) is 11.4 Å². The molecule has 0 amide bonds. The van der Waals surface area contributed by atoms with E-state index in [0.717, 1.165) is 16.9 Å². The molecule has 0 aliphatic carbocycles. The van der Waals surface area contributed by atoms with Crippen molar-refractivity contribution in [3.8, 4) is 16.9 Å². The first kappa shape index (κ1) is 13.2. The van der Waals surface area contributed by atoms with Crippen LogP contribution in [0.2, 0.25) is 0 Å². The molecule has 19 heavy (non-hydrogen) atoms. The molecule has 2 rings (SSSR count). The Labute approximate surface area is 112 Å². The smallest absolute Gasteiger partial charge is 0.355 e. The van der Waals surface area contributed by atoms with Gasteiger partial charge in [-0.3, -0.25) is 0 Å². The van der Waals surface area contributed by atoms with Crippen LogP contribution in [0.3, 0.4) is 0 Å². The van der Waals surface area contributed by atoms with E-state index in [1.54, 1.807) is 7.11 Å². The molecule has 0 atom stereocenters. The first-order valence-corrected chi connectivity index (χ1v) is 6.13. The zero-order valence-electron chi connectivity index (χ0n) is 11.3. The molecule has 1 heterocycles. The maximum atomic E-state index is 11.9. The lowest BCUT2D eigenvalue weighted by Crippen LogP contribution is -2.10. The Kier molecular flexibility index (Phi) is 3.90. The van der Waals surface area contributed by atoms with Crippen molar-refractivity contribution in [3.05, 3.63) is 42.2 Å². The highest BCUT2D eigenvalue weighted by Crippen LogP contribution is 2.28. The minimum atomic E-state index is -0.329. The van der Waals surface area contributed by atoms with E-state index in [1.807, 2.05) is 48.0 Å². The molecule has 1 aromatic carbocycles. The van der Waals surface area contributed by atoms with E-state index < -0.39 is 0 Å². The van der Waals surface area contributed by atoms with Gasteiger partial charge in [0.05, 0.1) is 14.2 Å². The highest BCUT2D eigenvalue weighted by molar-refractivity contribution is 5.96. The molecule has 0 unspecified atom stereocenters. The van der Waals surface area contributed by atoms with Gasteiger partial charge in [-0.05, 0) is 30.7 Å². The third kappa shape index (κ3) is 2.47. The molecule has 4 nitrogen and oxygen atoms in total. The first-order chi connectivity index (χ1) is 9.21. The van der Waals surface area contributed by atoms with Crippen LogP contribution in [0, 0.1) is 0 Å². The van der Waals surface area contributed by atoms with Crippen LogP contribution >= 0.6 is 0 Å². The monoisotopic (exact) mass is 259 g/mol. The fourth-order valence-corrected chi connectivity index (χ4v) is 2.08. The third-order valence-electron chi connectivity index (χ3n) is 3.06. The van der Waals surface area contributed by atoms with Gasteiger partial charge in [-0.1, -0.05) is 12.1 Å². The molecular weight excluding hydrogens is 242 g/mol. The number of benzene rings is 1. The van der Waals surface area contributed by atoms with Crippen LogP contribution in [-0.4, -0.2) is 24.8 Å². The summed E-state index contributed by atoms with van der Waals surface area (Å²) < 4.78 is 12.0. The highest BCUT2D eigenvalue weighted by Gasteiger charge is 2.18. The van der Waals surface area contributed by atoms with Crippen LogP contribution in [0.15, 0.2) is 36.5 Å². The second-order valence-electron chi connectivity index (χ2n) is 4.09. The number of esters is 1. The summed E-state index contributed by atoms with van der Waals surface area (Å²) in [4.78, 5) is 11.9. The molecule has 0 saturated heterocycles. The Hall–Kier alpha value is -2.23. The molecule has 2 aromatic rings. The molecule has 0 radical (unpaired) electrons. The normalized spacial score (nSPS) is 10.3. The SMILES string of the molecule is CCn1ccc(-c2cccc(OC)c2)c1C(=O)OC. The van der Waals surface area contributed by atoms with Crippen molar-refractivity contribution >= 4 is 5.97 Å². The molecular formula is C15H17NO3. The van der Waals surface area contributed by atoms with Gasteiger partial charge in [0, 0.05) is 18.3 Å². The minimum Gasteiger partial charge on any atom is -0.497 e. The predicted octanol–water partition coefficient (Wildman–Crippen LogP) is 2.97. The second kappa shape index (κ2) is 5.61. The number of hydrogen-bond acceptors (Lipinski definition) is 3.